The number of rotatable bonds is 6. The van der Waals surface area contributed by atoms with Crippen LogP contribution in [-0.2, 0) is 4.79 Å². The fraction of sp³-hybridized carbons (Fsp3) is 0.944. The summed E-state index contributed by atoms with van der Waals surface area (Å²) in [4.78, 5) is 11.9. The molecule has 4 bridgehead atoms. The molecule has 0 heterocycles. The molecule has 0 spiro atoms. The molecular formula is C18H30N2O. The van der Waals surface area contributed by atoms with E-state index in [9.17, 15) is 4.79 Å². The molecular weight excluding hydrogens is 260 g/mol. The van der Waals surface area contributed by atoms with Gasteiger partial charge in [0.2, 0.25) is 5.91 Å². The van der Waals surface area contributed by atoms with Crippen molar-refractivity contribution >= 4 is 5.91 Å². The monoisotopic (exact) mass is 290 g/mol. The van der Waals surface area contributed by atoms with Gasteiger partial charge in [-0.15, -0.1) is 0 Å². The zero-order chi connectivity index (χ0) is 14.4. The summed E-state index contributed by atoms with van der Waals surface area (Å²) >= 11 is 0. The van der Waals surface area contributed by atoms with Crippen LogP contribution in [0.1, 0.15) is 58.3 Å². The second kappa shape index (κ2) is 5.26. The molecule has 5 rings (SSSR count). The minimum absolute atomic E-state index is 0.193. The van der Waals surface area contributed by atoms with Crippen LogP contribution in [0.2, 0.25) is 0 Å². The third-order valence-electron chi connectivity index (χ3n) is 6.86. The van der Waals surface area contributed by atoms with Crippen LogP contribution < -0.4 is 10.6 Å². The van der Waals surface area contributed by atoms with Crippen LogP contribution >= 0.6 is 0 Å². The number of carbonyl (C=O) groups is 1. The van der Waals surface area contributed by atoms with E-state index in [1.807, 2.05) is 0 Å². The van der Waals surface area contributed by atoms with Crippen molar-refractivity contribution < 1.29 is 4.79 Å². The lowest BCUT2D eigenvalue weighted by Gasteiger charge is -2.59. The summed E-state index contributed by atoms with van der Waals surface area (Å²) in [5, 5.41) is 6.64. The maximum atomic E-state index is 11.9. The highest BCUT2D eigenvalue weighted by molar-refractivity contribution is 5.78. The first kappa shape index (κ1) is 14.0. The van der Waals surface area contributed by atoms with E-state index < -0.39 is 0 Å². The molecule has 2 N–H and O–H groups in total. The molecule has 0 aromatic heterocycles. The van der Waals surface area contributed by atoms with Gasteiger partial charge in [-0.25, -0.2) is 0 Å². The fourth-order valence-electron chi connectivity index (χ4n) is 5.81. The third-order valence-corrected chi connectivity index (χ3v) is 6.86. The first-order chi connectivity index (χ1) is 10.1. The third kappa shape index (κ3) is 2.86. The van der Waals surface area contributed by atoms with E-state index in [1.165, 1.54) is 51.4 Å². The molecule has 0 radical (unpaired) electrons. The highest BCUT2D eigenvalue weighted by atomic mass is 16.1. The fourth-order valence-corrected chi connectivity index (χ4v) is 5.81. The van der Waals surface area contributed by atoms with Crippen LogP contribution in [-0.4, -0.2) is 25.0 Å². The zero-order valence-corrected chi connectivity index (χ0v) is 13.4. The molecule has 5 fully saturated rings. The number of amides is 1. The van der Waals surface area contributed by atoms with Gasteiger partial charge in [-0.05, 0) is 87.4 Å². The van der Waals surface area contributed by atoms with Crippen molar-refractivity contribution in [3.63, 3.8) is 0 Å². The molecule has 3 nitrogen and oxygen atoms in total. The van der Waals surface area contributed by atoms with Gasteiger partial charge in [-0.3, -0.25) is 4.79 Å². The number of hydrogen-bond acceptors (Lipinski definition) is 2. The molecule has 21 heavy (non-hydrogen) atoms. The second-order valence-electron chi connectivity index (χ2n) is 8.63. The van der Waals surface area contributed by atoms with Crippen LogP contribution in [0.3, 0.4) is 0 Å². The van der Waals surface area contributed by atoms with E-state index in [4.69, 9.17) is 0 Å². The topological polar surface area (TPSA) is 41.1 Å². The normalized spacial score (nSPS) is 42.0. The smallest absolute Gasteiger partial charge is 0.233 e. The largest absolute Gasteiger partial charge is 0.355 e. The summed E-state index contributed by atoms with van der Waals surface area (Å²) < 4.78 is 0. The van der Waals surface area contributed by atoms with Crippen LogP contribution in [0.4, 0.5) is 0 Å². The summed E-state index contributed by atoms with van der Waals surface area (Å²) in [7, 11) is 0. The lowest BCUT2D eigenvalue weighted by atomic mass is 9.48. The van der Waals surface area contributed by atoms with Crippen LogP contribution in [0, 0.1) is 29.1 Å². The zero-order valence-electron chi connectivity index (χ0n) is 13.4. The molecule has 0 saturated heterocycles. The average molecular weight is 290 g/mol. The SMILES string of the molecule is CC(NCC(=O)NCC1CC1)C12CC3CC(CC(C3)C1)C2. The van der Waals surface area contributed by atoms with Gasteiger partial charge in [0.05, 0.1) is 6.54 Å². The van der Waals surface area contributed by atoms with Crippen molar-refractivity contribution in [2.24, 2.45) is 29.1 Å². The van der Waals surface area contributed by atoms with Crippen molar-refractivity contribution in [1.29, 1.82) is 0 Å². The lowest BCUT2D eigenvalue weighted by Crippen LogP contribution is -2.56. The lowest BCUT2D eigenvalue weighted by molar-refractivity contribution is -0.121. The van der Waals surface area contributed by atoms with E-state index >= 15 is 0 Å². The quantitative estimate of drug-likeness (QED) is 0.790. The maximum Gasteiger partial charge on any atom is 0.233 e. The molecule has 1 unspecified atom stereocenters. The molecule has 3 heteroatoms. The van der Waals surface area contributed by atoms with Crippen LogP contribution in [0.5, 0.6) is 0 Å². The predicted molar refractivity (Wildman–Crippen MR) is 83.8 cm³/mol. The van der Waals surface area contributed by atoms with Crippen molar-refractivity contribution in [3.05, 3.63) is 0 Å². The number of carbonyl (C=O) groups excluding carboxylic acids is 1. The molecule has 118 valence electrons. The highest BCUT2D eigenvalue weighted by Gasteiger charge is 2.52. The molecule has 0 aliphatic heterocycles. The minimum atomic E-state index is 0.193. The van der Waals surface area contributed by atoms with Gasteiger partial charge < -0.3 is 10.6 Å². The van der Waals surface area contributed by atoms with E-state index in [0.29, 0.717) is 18.0 Å². The van der Waals surface area contributed by atoms with Gasteiger partial charge in [-0.1, -0.05) is 0 Å². The van der Waals surface area contributed by atoms with Crippen molar-refractivity contribution in [2.75, 3.05) is 13.1 Å². The Balaban J connectivity index is 1.30. The Hall–Kier alpha value is -0.570. The molecule has 1 amide bonds. The van der Waals surface area contributed by atoms with E-state index in [-0.39, 0.29) is 5.91 Å². The Morgan fingerprint density at radius 1 is 1.10 bits per heavy atom. The summed E-state index contributed by atoms with van der Waals surface area (Å²) in [6.45, 7) is 3.74. The first-order valence-corrected chi connectivity index (χ1v) is 9.13. The summed E-state index contributed by atoms with van der Waals surface area (Å²) in [6, 6.07) is 0.498. The molecule has 1 atom stereocenters. The van der Waals surface area contributed by atoms with Crippen LogP contribution in [0.15, 0.2) is 0 Å². The molecule has 5 aliphatic rings. The molecule has 0 aromatic carbocycles. The van der Waals surface area contributed by atoms with E-state index in [1.54, 1.807) is 0 Å². The Kier molecular flexibility index (Phi) is 3.52. The van der Waals surface area contributed by atoms with Gasteiger partial charge in [-0.2, -0.15) is 0 Å². The predicted octanol–water partition coefficient (Wildman–Crippen LogP) is 2.71. The second-order valence-corrected chi connectivity index (χ2v) is 8.63. The first-order valence-electron chi connectivity index (χ1n) is 9.13. The summed E-state index contributed by atoms with van der Waals surface area (Å²) in [5.41, 5.74) is 0.505. The van der Waals surface area contributed by atoms with Crippen molar-refractivity contribution in [3.8, 4) is 0 Å². The van der Waals surface area contributed by atoms with E-state index in [2.05, 4.69) is 17.6 Å². The molecule has 5 aliphatic carbocycles. The van der Waals surface area contributed by atoms with Crippen molar-refractivity contribution in [2.45, 2.75) is 64.3 Å². The minimum Gasteiger partial charge on any atom is -0.355 e. The van der Waals surface area contributed by atoms with Gasteiger partial charge in [0.1, 0.15) is 0 Å². The Morgan fingerprint density at radius 3 is 2.19 bits per heavy atom. The number of hydrogen-bond donors (Lipinski definition) is 2. The summed E-state index contributed by atoms with van der Waals surface area (Å²) in [5.74, 6) is 3.94. The van der Waals surface area contributed by atoms with E-state index in [0.717, 1.165) is 30.2 Å². The maximum absolute atomic E-state index is 11.9. The Labute approximate surface area is 128 Å². The van der Waals surface area contributed by atoms with Crippen molar-refractivity contribution in [1.82, 2.24) is 10.6 Å². The van der Waals surface area contributed by atoms with Gasteiger partial charge in [0.25, 0.3) is 0 Å². The highest BCUT2D eigenvalue weighted by Crippen LogP contribution is 2.61. The molecule has 0 aromatic rings. The van der Waals surface area contributed by atoms with Gasteiger partial charge in [0.15, 0.2) is 0 Å². The van der Waals surface area contributed by atoms with Gasteiger partial charge >= 0.3 is 0 Å². The summed E-state index contributed by atoms with van der Waals surface area (Å²) in [6.07, 6.45) is 11.3. The Morgan fingerprint density at radius 2 is 1.67 bits per heavy atom. The average Bonchev–Trinajstić information content (AvgIpc) is 3.25. The Bertz CT molecular complexity index is 380. The van der Waals surface area contributed by atoms with Crippen LogP contribution in [0.25, 0.3) is 0 Å². The number of nitrogens with one attached hydrogen (secondary N) is 2. The standard InChI is InChI=1S/C18H30N2O/c1-12(19-11-17(21)20-10-13-2-3-13)18-7-14-4-15(8-18)6-16(5-14)9-18/h12-16,19H,2-11H2,1H3,(H,20,21). The molecule has 5 saturated carbocycles. The van der Waals surface area contributed by atoms with Gasteiger partial charge in [0, 0.05) is 12.6 Å².